The maximum atomic E-state index is 12.9. The lowest BCUT2D eigenvalue weighted by Crippen LogP contribution is -2.41. The first-order chi connectivity index (χ1) is 15.0. The topological polar surface area (TPSA) is 75.7 Å². The maximum Gasteiger partial charge on any atom is 0.410 e. The van der Waals surface area contributed by atoms with Gasteiger partial charge in [0.05, 0.1) is 48.2 Å². The van der Waals surface area contributed by atoms with Gasteiger partial charge >= 0.3 is 6.09 Å². The third kappa shape index (κ3) is 4.15. The van der Waals surface area contributed by atoms with E-state index >= 15 is 0 Å². The number of hydrogen-bond acceptors (Lipinski definition) is 7. The molecule has 1 atom stereocenters. The second-order valence-electron chi connectivity index (χ2n) is 6.90. The Morgan fingerprint density at radius 1 is 0.806 bits per heavy atom. The second-order valence-corrected chi connectivity index (χ2v) is 6.90. The van der Waals surface area contributed by atoms with Crippen LogP contribution < -0.4 is 23.7 Å². The first-order valence-corrected chi connectivity index (χ1v) is 10.0. The summed E-state index contributed by atoms with van der Waals surface area (Å²) in [6.45, 7) is 2.54. The van der Waals surface area contributed by atoms with Crippen LogP contribution in [0.3, 0.4) is 0 Å². The number of nitrogens with zero attached hydrogens (tertiary/aromatic N) is 1. The van der Waals surface area contributed by atoms with E-state index in [1.807, 2.05) is 18.2 Å². The number of rotatable bonds is 7. The molecule has 1 aliphatic heterocycles. The van der Waals surface area contributed by atoms with Crippen LogP contribution in [0.2, 0.25) is 0 Å². The molecule has 0 aromatic heterocycles. The molecular weight excluding hydrogens is 402 g/mol. The first kappa shape index (κ1) is 22.4. The summed E-state index contributed by atoms with van der Waals surface area (Å²) < 4.78 is 33.0. The lowest BCUT2D eigenvalue weighted by Gasteiger charge is -2.38. The predicted octanol–water partition coefficient (Wildman–Crippen LogP) is 3.83. The number of carbonyl (C=O) groups is 1. The van der Waals surface area contributed by atoms with Crippen molar-refractivity contribution in [2.24, 2.45) is 0 Å². The van der Waals surface area contributed by atoms with Crippen LogP contribution in [0, 0.1) is 0 Å². The molecule has 8 nitrogen and oxygen atoms in total. The van der Waals surface area contributed by atoms with Crippen LogP contribution in [0.5, 0.6) is 28.7 Å². The molecule has 2 aromatic carbocycles. The molecule has 0 radical (unpaired) electrons. The van der Waals surface area contributed by atoms with E-state index in [-0.39, 0.29) is 6.61 Å². The summed E-state index contributed by atoms with van der Waals surface area (Å²) in [6, 6.07) is 6.97. The molecule has 3 rings (SSSR count). The van der Waals surface area contributed by atoms with Crippen molar-refractivity contribution in [3.63, 3.8) is 0 Å². The van der Waals surface area contributed by atoms with Gasteiger partial charge in [-0.25, -0.2) is 4.79 Å². The molecule has 0 saturated carbocycles. The summed E-state index contributed by atoms with van der Waals surface area (Å²) in [5.74, 6) is 2.86. The van der Waals surface area contributed by atoms with Gasteiger partial charge in [0.1, 0.15) is 5.75 Å². The molecule has 0 fully saturated rings. The Morgan fingerprint density at radius 3 is 1.87 bits per heavy atom. The summed E-state index contributed by atoms with van der Waals surface area (Å²) in [5.41, 5.74) is 2.71. The summed E-state index contributed by atoms with van der Waals surface area (Å²) in [4.78, 5) is 14.6. The van der Waals surface area contributed by atoms with Gasteiger partial charge < -0.3 is 28.4 Å². The zero-order valence-electron chi connectivity index (χ0n) is 18.8. The maximum absolute atomic E-state index is 12.9. The fourth-order valence-electron chi connectivity index (χ4n) is 3.95. The monoisotopic (exact) mass is 431 g/mol. The van der Waals surface area contributed by atoms with Crippen molar-refractivity contribution in [1.82, 2.24) is 4.90 Å². The minimum Gasteiger partial charge on any atom is -0.496 e. The summed E-state index contributed by atoms with van der Waals surface area (Å²) in [6.07, 6.45) is 0.255. The van der Waals surface area contributed by atoms with Crippen molar-refractivity contribution in [1.29, 1.82) is 0 Å². The molecule has 2 aromatic rings. The molecular formula is C23H29NO7. The highest BCUT2D eigenvalue weighted by atomic mass is 16.6. The third-order valence-corrected chi connectivity index (χ3v) is 5.41. The van der Waals surface area contributed by atoms with Gasteiger partial charge in [0, 0.05) is 18.2 Å². The van der Waals surface area contributed by atoms with E-state index in [2.05, 4.69) is 0 Å². The van der Waals surface area contributed by atoms with Gasteiger partial charge in [0.15, 0.2) is 23.0 Å². The zero-order chi connectivity index (χ0) is 22.5. The van der Waals surface area contributed by atoms with Gasteiger partial charge in [-0.05, 0) is 42.7 Å². The molecule has 0 N–H and O–H groups in total. The van der Waals surface area contributed by atoms with E-state index in [1.165, 1.54) is 0 Å². The van der Waals surface area contributed by atoms with Gasteiger partial charge in [-0.1, -0.05) is 0 Å². The molecule has 0 spiro atoms. The molecule has 0 aliphatic carbocycles. The Kier molecular flexibility index (Phi) is 6.99. The van der Waals surface area contributed by atoms with E-state index in [0.29, 0.717) is 41.7 Å². The van der Waals surface area contributed by atoms with Gasteiger partial charge in [-0.3, -0.25) is 4.90 Å². The number of ether oxygens (including phenoxy) is 6. The Hall–Kier alpha value is -3.29. The van der Waals surface area contributed by atoms with Crippen LogP contribution in [0.25, 0.3) is 0 Å². The average Bonchev–Trinajstić information content (AvgIpc) is 2.81. The predicted molar refractivity (Wildman–Crippen MR) is 115 cm³/mol. The van der Waals surface area contributed by atoms with Gasteiger partial charge in [0.2, 0.25) is 0 Å². The molecule has 0 bridgehead atoms. The standard InChI is InChI=1S/C23H29NO7/c1-7-31-23(25)24-9-8-14-10-18(27-3)19(28-4)11-15(14)22(24)16-12-20(29-5)21(30-6)13-17(16)26-2/h10-13,22H,7-9H2,1-6H3/t22-/m1/s1. The highest BCUT2D eigenvalue weighted by Crippen LogP contribution is 2.46. The molecule has 1 heterocycles. The Bertz CT molecular complexity index is 944. The van der Waals surface area contributed by atoms with Crippen LogP contribution in [-0.4, -0.2) is 59.7 Å². The molecule has 0 unspecified atom stereocenters. The lowest BCUT2D eigenvalue weighted by molar-refractivity contribution is 0.0931. The molecule has 0 saturated heterocycles. The second kappa shape index (κ2) is 9.68. The van der Waals surface area contributed by atoms with Crippen LogP contribution in [-0.2, 0) is 11.2 Å². The smallest absolute Gasteiger partial charge is 0.410 e. The minimum absolute atomic E-state index is 0.282. The fourth-order valence-corrected chi connectivity index (χ4v) is 3.95. The molecule has 31 heavy (non-hydrogen) atoms. The summed E-state index contributed by atoms with van der Waals surface area (Å²) >= 11 is 0. The average molecular weight is 431 g/mol. The lowest BCUT2D eigenvalue weighted by atomic mass is 9.87. The van der Waals surface area contributed by atoms with E-state index in [9.17, 15) is 4.79 Å². The number of methoxy groups -OCH3 is 5. The highest BCUT2D eigenvalue weighted by Gasteiger charge is 2.36. The number of fused-ring (bicyclic) bond motifs is 1. The Morgan fingerprint density at radius 2 is 1.32 bits per heavy atom. The van der Waals surface area contributed by atoms with E-state index in [1.54, 1.807) is 53.4 Å². The molecule has 1 aliphatic rings. The van der Waals surface area contributed by atoms with Crippen molar-refractivity contribution in [2.75, 3.05) is 48.7 Å². The number of hydrogen-bond donors (Lipinski definition) is 0. The quantitative estimate of drug-likeness (QED) is 0.659. The van der Waals surface area contributed by atoms with Crippen molar-refractivity contribution in [3.8, 4) is 28.7 Å². The van der Waals surface area contributed by atoms with Crippen LogP contribution >= 0.6 is 0 Å². The van der Waals surface area contributed by atoms with Crippen LogP contribution in [0.15, 0.2) is 24.3 Å². The summed E-state index contributed by atoms with van der Waals surface area (Å²) in [7, 11) is 7.90. The zero-order valence-corrected chi connectivity index (χ0v) is 18.8. The largest absolute Gasteiger partial charge is 0.496 e. The van der Waals surface area contributed by atoms with E-state index < -0.39 is 12.1 Å². The Balaban J connectivity index is 2.26. The normalized spacial score (nSPS) is 15.0. The van der Waals surface area contributed by atoms with Crippen molar-refractivity contribution in [2.45, 2.75) is 19.4 Å². The van der Waals surface area contributed by atoms with E-state index in [4.69, 9.17) is 28.4 Å². The third-order valence-electron chi connectivity index (χ3n) is 5.41. The SMILES string of the molecule is CCOC(=O)N1CCc2cc(OC)c(OC)cc2[C@@H]1c1cc(OC)c(OC)cc1OC. The minimum atomic E-state index is -0.475. The molecule has 168 valence electrons. The van der Waals surface area contributed by atoms with Crippen molar-refractivity contribution >= 4 is 6.09 Å². The van der Waals surface area contributed by atoms with Gasteiger partial charge in [-0.15, -0.1) is 0 Å². The first-order valence-electron chi connectivity index (χ1n) is 10.0. The molecule has 1 amide bonds. The van der Waals surface area contributed by atoms with Crippen molar-refractivity contribution in [3.05, 3.63) is 41.0 Å². The van der Waals surface area contributed by atoms with Crippen LogP contribution in [0.1, 0.15) is 29.7 Å². The van der Waals surface area contributed by atoms with Crippen LogP contribution in [0.4, 0.5) is 4.79 Å². The molecule has 8 heteroatoms. The van der Waals surface area contributed by atoms with Crippen molar-refractivity contribution < 1.29 is 33.2 Å². The van der Waals surface area contributed by atoms with Gasteiger partial charge in [-0.2, -0.15) is 0 Å². The fraction of sp³-hybridized carbons (Fsp3) is 0.435. The number of carbonyl (C=O) groups excluding carboxylic acids is 1. The number of benzene rings is 2. The van der Waals surface area contributed by atoms with Gasteiger partial charge in [0.25, 0.3) is 0 Å². The number of amides is 1. The highest BCUT2D eigenvalue weighted by molar-refractivity contribution is 5.71. The Labute approximate surface area is 182 Å². The summed E-state index contributed by atoms with van der Waals surface area (Å²) in [5, 5.41) is 0. The van der Waals surface area contributed by atoms with E-state index in [0.717, 1.165) is 16.7 Å².